The first-order chi connectivity index (χ1) is 7.69. The molecule has 0 aliphatic carbocycles. The molecule has 3 nitrogen and oxygen atoms in total. The minimum Gasteiger partial charge on any atom is -0.491 e. The normalized spacial score (nSPS) is 10.2. The van der Waals surface area contributed by atoms with Crippen molar-refractivity contribution in [2.45, 2.75) is 19.8 Å². The smallest absolute Gasteiger partial charge is 0.137 e. The quantitative estimate of drug-likeness (QED) is 0.771. The molecular weight excluding hydrogens is 200 g/mol. The molecule has 1 rings (SSSR count). The summed E-state index contributed by atoms with van der Waals surface area (Å²) >= 11 is 0. The van der Waals surface area contributed by atoms with E-state index >= 15 is 0 Å². The number of nitriles is 1. The maximum absolute atomic E-state index is 8.96. The average molecular weight is 218 g/mol. The number of hydrogen-bond acceptors (Lipinski definition) is 3. The summed E-state index contributed by atoms with van der Waals surface area (Å²) in [6, 6.07) is 7.90. The van der Waals surface area contributed by atoms with Crippen LogP contribution in [0.5, 0.6) is 5.75 Å². The third-order valence-corrected chi connectivity index (χ3v) is 2.40. The minimum atomic E-state index is 0.444. The lowest BCUT2D eigenvalue weighted by Crippen LogP contribution is -2.16. The highest BCUT2D eigenvalue weighted by Gasteiger charge is 2.06. The molecule has 1 aromatic rings. The highest BCUT2D eigenvalue weighted by molar-refractivity contribution is 5.46. The zero-order chi connectivity index (χ0) is 12.0. The Morgan fingerprint density at radius 1 is 1.44 bits per heavy atom. The molecule has 0 amide bonds. The van der Waals surface area contributed by atoms with Crippen LogP contribution in [-0.4, -0.2) is 20.2 Å². The van der Waals surface area contributed by atoms with E-state index in [-0.39, 0.29) is 0 Å². The maximum atomic E-state index is 8.96. The fourth-order valence-corrected chi connectivity index (χ4v) is 1.37. The summed E-state index contributed by atoms with van der Waals surface area (Å²) in [5.74, 6) is 1.13. The van der Waals surface area contributed by atoms with Gasteiger partial charge in [-0.25, -0.2) is 0 Å². The number of benzene rings is 1. The van der Waals surface area contributed by atoms with Gasteiger partial charge in [0.05, 0.1) is 5.56 Å². The molecule has 1 aromatic carbocycles. The summed E-state index contributed by atoms with van der Waals surface area (Å²) in [6.07, 6.45) is 0. The van der Waals surface area contributed by atoms with Crippen LogP contribution in [0, 0.1) is 11.3 Å². The van der Waals surface area contributed by atoms with Gasteiger partial charge in [0.25, 0.3) is 0 Å². The molecule has 0 aliphatic rings. The van der Waals surface area contributed by atoms with E-state index in [1.54, 1.807) is 0 Å². The Kier molecular flexibility index (Phi) is 4.81. The van der Waals surface area contributed by atoms with Crippen molar-refractivity contribution in [3.63, 3.8) is 0 Å². The largest absolute Gasteiger partial charge is 0.491 e. The Morgan fingerprint density at radius 2 is 2.19 bits per heavy atom. The van der Waals surface area contributed by atoms with Gasteiger partial charge in [0.15, 0.2) is 0 Å². The van der Waals surface area contributed by atoms with E-state index in [2.05, 4.69) is 25.2 Å². The van der Waals surface area contributed by atoms with Crippen molar-refractivity contribution in [1.82, 2.24) is 5.32 Å². The summed E-state index contributed by atoms with van der Waals surface area (Å²) in [7, 11) is 1.87. The number of rotatable bonds is 5. The van der Waals surface area contributed by atoms with Crippen molar-refractivity contribution in [2.75, 3.05) is 20.2 Å². The molecule has 0 bridgehead atoms. The zero-order valence-corrected chi connectivity index (χ0v) is 10.1. The fraction of sp³-hybridized carbons (Fsp3) is 0.462. The second-order valence-electron chi connectivity index (χ2n) is 3.97. The second kappa shape index (κ2) is 6.14. The summed E-state index contributed by atoms with van der Waals surface area (Å²) in [4.78, 5) is 0. The molecule has 0 aliphatic heterocycles. The van der Waals surface area contributed by atoms with E-state index in [9.17, 15) is 0 Å². The Bertz CT molecular complexity index is 380. The lowest BCUT2D eigenvalue weighted by Gasteiger charge is -2.11. The second-order valence-corrected chi connectivity index (χ2v) is 3.97. The lowest BCUT2D eigenvalue weighted by molar-refractivity contribution is 0.317. The van der Waals surface area contributed by atoms with Crippen LogP contribution in [0.2, 0.25) is 0 Å². The molecule has 0 heterocycles. The lowest BCUT2D eigenvalue weighted by atomic mass is 10.0. The zero-order valence-electron chi connectivity index (χ0n) is 10.1. The summed E-state index contributed by atoms with van der Waals surface area (Å²) < 4.78 is 5.57. The first-order valence-corrected chi connectivity index (χ1v) is 5.50. The van der Waals surface area contributed by atoms with E-state index in [0.717, 1.165) is 6.54 Å². The molecule has 0 spiro atoms. The van der Waals surface area contributed by atoms with Crippen LogP contribution in [0.1, 0.15) is 30.9 Å². The summed E-state index contributed by atoms with van der Waals surface area (Å²) in [5, 5.41) is 12.0. The van der Waals surface area contributed by atoms with E-state index in [0.29, 0.717) is 23.8 Å². The van der Waals surface area contributed by atoms with Gasteiger partial charge in [-0.1, -0.05) is 19.9 Å². The molecule has 1 N–H and O–H groups in total. The third kappa shape index (κ3) is 3.25. The maximum Gasteiger partial charge on any atom is 0.137 e. The van der Waals surface area contributed by atoms with Crippen LogP contribution in [0.15, 0.2) is 18.2 Å². The van der Waals surface area contributed by atoms with Crippen molar-refractivity contribution >= 4 is 0 Å². The predicted octanol–water partition coefficient (Wildman–Crippen LogP) is 2.28. The van der Waals surface area contributed by atoms with Gasteiger partial charge in [-0.15, -0.1) is 0 Å². The standard InChI is InChI=1S/C13H18N2O/c1-10(2)11-4-5-12(9-14)13(8-11)16-7-6-15-3/h4-5,8,10,15H,6-7H2,1-3H3. The summed E-state index contributed by atoms with van der Waals surface area (Å²) in [5.41, 5.74) is 1.79. The van der Waals surface area contributed by atoms with Crippen molar-refractivity contribution < 1.29 is 4.74 Å². The number of ether oxygens (including phenoxy) is 1. The van der Waals surface area contributed by atoms with Gasteiger partial charge in [0.2, 0.25) is 0 Å². The van der Waals surface area contributed by atoms with E-state index in [1.165, 1.54) is 5.56 Å². The van der Waals surface area contributed by atoms with Crippen molar-refractivity contribution in [1.29, 1.82) is 5.26 Å². The van der Waals surface area contributed by atoms with E-state index in [4.69, 9.17) is 10.00 Å². The van der Waals surface area contributed by atoms with Gasteiger partial charge < -0.3 is 10.1 Å². The van der Waals surface area contributed by atoms with Gasteiger partial charge in [-0.2, -0.15) is 5.26 Å². The average Bonchev–Trinajstić information content (AvgIpc) is 2.29. The highest BCUT2D eigenvalue weighted by atomic mass is 16.5. The monoisotopic (exact) mass is 218 g/mol. The van der Waals surface area contributed by atoms with Crippen LogP contribution >= 0.6 is 0 Å². The van der Waals surface area contributed by atoms with Gasteiger partial charge in [-0.05, 0) is 30.7 Å². The van der Waals surface area contributed by atoms with Gasteiger partial charge in [0, 0.05) is 6.54 Å². The Morgan fingerprint density at radius 3 is 2.75 bits per heavy atom. The highest BCUT2D eigenvalue weighted by Crippen LogP contribution is 2.24. The molecule has 0 unspecified atom stereocenters. The molecular formula is C13H18N2O. The fourth-order valence-electron chi connectivity index (χ4n) is 1.37. The van der Waals surface area contributed by atoms with Crippen LogP contribution in [0.25, 0.3) is 0 Å². The van der Waals surface area contributed by atoms with Crippen LogP contribution in [-0.2, 0) is 0 Å². The molecule has 16 heavy (non-hydrogen) atoms. The molecule has 0 saturated carbocycles. The Balaban J connectivity index is 2.86. The third-order valence-electron chi connectivity index (χ3n) is 2.40. The van der Waals surface area contributed by atoms with Crippen molar-refractivity contribution in [3.8, 4) is 11.8 Å². The molecule has 0 aromatic heterocycles. The molecule has 0 atom stereocenters. The molecule has 0 saturated heterocycles. The predicted molar refractivity (Wildman–Crippen MR) is 64.7 cm³/mol. The summed E-state index contributed by atoms with van der Waals surface area (Å²) in [6.45, 7) is 5.60. The van der Waals surface area contributed by atoms with E-state index in [1.807, 2.05) is 25.2 Å². The Labute approximate surface area is 97.0 Å². The van der Waals surface area contributed by atoms with Gasteiger partial charge in [0.1, 0.15) is 18.4 Å². The topological polar surface area (TPSA) is 45.0 Å². The van der Waals surface area contributed by atoms with Crippen molar-refractivity contribution in [2.24, 2.45) is 0 Å². The van der Waals surface area contributed by atoms with Crippen LogP contribution in [0.3, 0.4) is 0 Å². The number of nitrogens with one attached hydrogen (secondary N) is 1. The molecule has 0 fully saturated rings. The SMILES string of the molecule is CNCCOc1cc(C(C)C)ccc1C#N. The molecule has 3 heteroatoms. The van der Waals surface area contributed by atoms with Crippen LogP contribution < -0.4 is 10.1 Å². The van der Waals surface area contributed by atoms with Gasteiger partial charge in [-0.3, -0.25) is 0 Å². The molecule has 86 valence electrons. The number of hydrogen-bond donors (Lipinski definition) is 1. The van der Waals surface area contributed by atoms with Crippen LogP contribution in [0.4, 0.5) is 0 Å². The Hall–Kier alpha value is -1.53. The van der Waals surface area contributed by atoms with Gasteiger partial charge >= 0.3 is 0 Å². The van der Waals surface area contributed by atoms with E-state index < -0.39 is 0 Å². The minimum absolute atomic E-state index is 0.444. The molecule has 0 radical (unpaired) electrons. The first kappa shape index (κ1) is 12.5. The number of likely N-dealkylation sites (N-methyl/N-ethyl adjacent to an activating group) is 1. The first-order valence-electron chi connectivity index (χ1n) is 5.50. The number of nitrogens with zero attached hydrogens (tertiary/aromatic N) is 1. The van der Waals surface area contributed by atoms with Crippen molar-refractivity contribution in [3.05, 3.63) is 29.3 Å².